The number of rotatable bonds is 6. The fourth-order valence-electron chi connectivity index (χ4n) is 4.63. The molecule has 0 bridgehead atoms. The van der Waals surface area contributed by atoms with Gasteiger partial charge in [0.2, 0.25) is 0 Å². The number of nitrogens with zero attached hydrogens (tertiary/aromatic N) is 5. The Hall–Kier alpha value is -3.51. The average molecular weight is 516 g/mol. The van der Waals surface area contributed by atoms with Crippen molar-refractivity contribution in [2.24, 2.45) is 0 Å². The van der Waals surface area contributed by atoms with Gasteiger partial charge in [-0.2, -0.15) is 8.78 Å². The van der Waals surface area contributed by atoms with Crippen molar-refractivity contribution < 1.29 is 22.7 Å². The minimum Gasteiger partial charge on any atom is -0.371 e. The molecule has 5 rings (SSSR count). The maximum Gasteiger partial charge on any atom is 0.315 e. The van der Waals surface area contributed by atoms with Crippen LogP contribution in [-0.4, -0.2) is 90.2 Å². The minimum atomic E-state index is -3.03. The number of alkyl halides is 2. The van der Waals surface area contributed by atoms with Crippen molar-refractivity contribution in [1.82, 2.24) is 25.2 Å². The number of ether oxygens (including phenoxy) is 1. The molecule has 1 aromatic carbocycles. The number of piperazine rings is 1. The van der Waals surface area contributed by atoms with Crippen molar-refractivity contribution in [1.29, 1.82) is 0 Å². The van der Waals surface area contributed by atoms with Crippen molar-refractivity contribution in [3.8, 4) is 11.3 Å². The van der Waals surface area contributed by atoms with E-state index in [1.54, 1.807) is 35.5 Å². The molecule has 1 amide bonds. The maximum atomic E-state index is 15.2. The van der Waals surface area contributed by atoms with Crippen molar-refractivity contribution in [2.75, 3.05) is 62.6 Å². The topological polar surface area (TPSA) is 95.5 Å². The van der Waals surface area contributed by atoms with E-state index < -0.39 is 23.8 Å². The molecular formula is C25H28F3N7O2. The van der Waals surface area contributed by atoms with E-state index in [0.29, 0.717) is 53.5 Å². The third-order valence-electron chi connectivity index (χ3n) is 6.68. The van der Waals surface area contributed by atoms with E-state index in [4.69, 9.17) is 9.72 Å². The number of benzene rings is 1. The van der Waals surface area contributed by atoms with Crippen LogP contribution >= 0.6 is 0 Å². The van der Waals surface area contributed by atoms with Crippen LogP contribution in [0.3, 0.4) is 0 Å². The highest BCUT2D eigenvalue weighted by Gasteiger charge is 2.29. The summed E-state index contributed by atoms with van der Waals surface area (Å²) in [5, 5.41) is 6.67. The lowest BCUT2D eigenvalue weighted by Gasteiger charge is -2.36. The predicted octanol–water partition coefficient (Wildman–Crippen LogP) is 2.54. The molecule has 2 aliphatic heterocycles. The Morgan fingerprint density at radius 3 is 2.68 bits per heavy atom. The monoisotopic (exact) mass is 515 g/mol. The minimum absolute atomic E-state index is 0.114. The highest BCUT2D eigenvalue weighted by atomic mass is 19.3. The molecular weight excluding hydrogens is 487 g/mol. The lowest BCUT2D eigenvalue weighted by atomic mass is 10.1. The number of hydrogen-bond acceptors (Lipinski definition) is 8. The molecule has 2 saturated heterocycles. The molecule has 4 heterocycles. The first-order valence-corrected chi connectivity index (χ1v) is 12.2. The zero-order valence-electron chi connectivity index (χ0n) is 20.4. The van der Waals surface area contributed by atoms with Gasteiger partial charge in [-0.1, -0.05) is 6.07 Å². The van der Waals surface area contributed by atoms with Gasteiger partial charge in [0.25, 0.3) is 5.91 Å². The largest absolute Gasteiger partial charge is 0.371 e. The van der Waals surface area contributed by atoms with Gasteiger partial charge in [-0.05, 0) is 25.1 Å². The Labute approximate surface area is 212 Å². The second kappa shape index (κ2) is 10.5. The summed E-state index contributed by atoms with van der Waals surface area (Å²) in [7, 11) is 0. The van der Waals surface area contributed by atoms with Crippen molar-refractivity contribution in [2.45, 2.75) is 19.0 Å². The summed E-state index contributed by atoms with van der Waals surface area (Å²) in [6.45, 7) is 5.39. The van der Waals surface area contributed by atoms with Gasteiger partial charge in [-0.25, -0.2) is 14.4 Å². The predicted molar refractivity (Wildman–Crippen MR) is 133 cm³/mol. The number of aromatic nitrogens is 3. The molecule has 196 valence electrons. The van der Waals surface area contributed by atoms with Crippen LogP contribution in [-0.2, 0) is 9.53 Å². The van der Waals surface area contributed by atoms with Gasteiger partial charge in [0.15, 0.2) is 5.82 Å². The Morgan fingerprint density at radius 2 is 1.97 bits per heavy atom. The summed E-state index contributed by atoms with van der Waals surface area (Å²) in [5.74, 6) is -1.12. The highest BCUT2D eigenvalue weighted by molar-refractivity contribution is 5.88. The summed E-state index contributed by atoms with van der Waals surface area (Å²) >= 11 is 0. The summed E-state index contributed by atoms with van der Waals surface area (Å²) < 4.78 is 46.5. The fraction of sp³-hybridized carbons (Fsp3) is 0.440. The molecule has 2 fully saturated rings. The lowest BCUT2D eigenvalue weighted by molar-refractivity contribution is -0.143. The quantitative estimate of drug-likeness (QED) is 0.517. The van der Waals surface area contributed by atoms with Crippen LogP contribution in [0.1, 0.15) is 6.92 Å². The fourth-order valence-corrected chi connectivity index (χ4v) is 4.63. The molecule has 2 aliphatic rings. The Bertz CT molecular complexity index is 1280. The van der Waals surface area contributed by atoms with Gasteiger partial charge in [0.1, 0.15) is 11.3 Å². The van der Waals surface area contributed by atoms with E-state index >= 15 is 4.39 Å². The van der Waals surface area contributed by atoms with Crippen LogP contribution in [0.25, 0.3) is 22.3 Å². The number of hydrogen-bond donors (Lipinski definition) is 2. The Morgan fingerprint density at radius 1 is 1.19 bits per heavy atom. The van der Waals surface area contributed by atoms with E-state index in [-0.39, 0.29) is 26.2 Å². The number of carbonyl (C=O) groups excluding carboxylic acids is 1. The maximum absolute atomic E-state index is 15.2. The number of carbonyl (C=O) groups is 1. The van der Waals surface area contributed by atoms with Crippen LogP contribution < -0.4 is 15.5 Å². The number of amides is 1. The second-order valence-electron chi connectivity index (χ2n) is 9.39. The summed E-state index contributed by atoms with van der Waals surface area (Å²) in [4.78, 5) is 28.0. The molecule has 0 spiro atoms. The summed E-state index contributed by atoms with van der Waals surface area (Å²) in [6.07, 6.45) is 0.155. The second-order valence-corrected chi connectivity index (χ2v) is 9.39. The number of nitrogens with one attached hydrogen (secondary N) is 2. The first kappa shape index (κ1) is 25.2. The number of morpholine rings is 1. The molecule has 2 aromatic heterocycles. The molecule has 37 heavy (non-hydrogen) atoms. The first-order chi connectivity index (χ1) is 17.8. The van der Waals surface area contributed by atoms with E-state index in [9.17, 15) is 13.6 Å². The van der Waals surface area contributed by atoms with Crippen molar-refractivity contribution >= 4 is 28.4 Å². The van der Waals surface area contributed by atoms with Crippen LogP contribution in [0, 0.1) is 5.82 Å². The molecule has 1 atom stereocenters. The average Bonchev–Trinajstić information content (AvgIpc) is 2.91. The highest BCUT2D eigenvalue weighted by Crippen LogP contribution is 2.30. The Kier molecular flexibility index (Phi) is 7.11. The molecule has 3 aromatic rings. The van der Waals surface area contributed by atoms with Crippen LogP contribution in [0.15, 0.2) is 36.7 Å². The van der Waals surface area contributed by atoms with Crippen LogP contribution in [0.4, 0.5) is 24.7 Å². The standard InChI is InChI=1S/C25H28F3N7O2/c1-25(14-29-6-11-37-25)15-32-23-21-19(30-4-5-31-21)13-18(33-23)16-2-3-20(17(26)12-16)34-7-9-35(10-8-34)24(36)22(27)28/h2-5,12-13,22,29H,6-11,14-15H2,1H3,(H,32,33). The van der Waals surface area contributed by atoms with Crippen LogP contribution in [0.2, 0.25) is 0 Å². The normalized spacial score (nSPS) is 20.5. The van der Waals surface area contributed by atoms with E-state index in [0.717, 1.165) is 11.4 Å². The smallest absolute Gasteiger partial charge is 0.315 e. The molecule has 0 radical (unpaired) electrons. The third kappa shape index (κ3) is 5.44. The van der Waals surface area contributed by atoms with E-state index in [1.807, 2.05) is 6.92 Å². The van der Waals surface area contributed by atoms with Crippen LogP contribution in [0.5, 0.6) is 0 Å². The van der Waals surface area contributed by atoms with Gasteiger partial charge in [-0.3, -0.25) is 9.78 Å². The number of pyridine rings is 1. The molecule has 0 saturated carbocycles. The summed E-state index contributed by atoms with van der Waals surface area (Å²) in [5.41, 5.74) is 2.24. The number of halogens is 3. The molecule has 2 N–H and O–H groups in total. The van der Waals surface area contributed by atoms with Gasteiger partial charge in [0, 0.05) is 63.8 Å². The molecule has 9 nitrogen and oxygen atoms in total. The zero-order chi connectivity index (χ0) is 26.0. The lowest BCUT2D eigenvalue weighted by Crippen LogP contribution is -2.51. The first-order valence-electron chi connectivity index (χ1n) is 12.2. The number of anilines is 2. The zero-order valence-corrected chi connectivity index (χ0v) is 20.4. The van der Waals surface area contributed by atoms with Gasteiger partial charge in [-0.15, -0.1) is 0 Å². The van der Waals surface area contributed by atoms with Gasteiger partial charge < -0.3 is 25.2 Å². The summed E-state index contributed by atoms with van der Waals surface area (Å²) in [6, 6.07) is 6.57. The van der Waals surface area contributed by atoms with E-state index in [1.165, 1.54) is 6.07 Å². The Balaban J connectivity index is 1.37. The SMILES string of the molecule is CC1(CNc2nc(-c3ccc(N4CCN(C(=O)C(F)F)CC4)c(F)c3)cc3nccnc23)CNCCO1. The van der Waals surface area contributed by atoms with Crippen molar-refractivity contribution in [3.63, 3.8) is 0 Å². The molecule has 12 heteroatoms. The third-order valence-corrected chi connectivity index (χ3v) is 6.68. The molecule has 0 aliphatic carbocycles. The number of fused-ring (bicyclic) bond motifs is 1. The van der Waals surface area contributed by atoms with Gasteiger partial charge in [0.05, 0.1) is 29.1 Å². The van der Waals surface area contributed by atoms with Gasteiger partial charge >= 0.3 is 6.43 Å². The van der Waals surface area contributed by atoms with Crippen molar-refractivity contribution in [3.05, 3.63) is 42.5 Å². The molecule has 1 unspecified atom stereocenters. The van der Waals surface area contributed by atoms with E-state index in [2.05, 4.69) is 20.6 Å².